The number of para-hydroxylation sites is 2. The van der Waals surface area contributed by atoms with E-state index in [-0.39, 0.29) is 171 Å². The number of hydrogen-bond donors (Lipinski definition) is 2. The van der Waals surface area contributed by atoms with Gasteiger partial charge in [-0.15, -0.1) is 40.5 Å². The largest absolute Gasteiger partial charge is 4.00 e. The molecule has 8 aromatic rings. The maximum Gasteiger partial charge on any atom is 4.00 e. The minimum atomic E-state index is -0.261. The van der Waals surface area contributed by atoms with Gasteiger partial charge in [-0.05, 0) is 148 Å². The van der Waals surface area contributed by atoms with Crippen LogP contribution in [0.1, 0.15) is 354 Å². The fraction of sp³-hybridized carbons (Fsp3) is 0.486. The second-order valence-corrected chi connectivity index (χ2v) is 37.0. The summed E-state index contributed by atoms with van der Waals surface area (Å²) in [5.74, 6) is 4.13. The van der Waals surface area contributed by atoms with E-state index in [1.807, 2.05) is 25.5 Å². The molecule has 11 heteroatoms. The number of fused-ring (bicyclic) bond motifs is 1. The van der Waals surface area contributed by atoms with Crippen molar-refractivity contribution < 1.29 is 88.1 Å². The van der Waals surface area contributed by atoms with Crippen LogP contribution in [0.4, 0.5) is 11.4 Å². The molecule has 5 atom stereocenters. The summed E-state index contributed by atoms with van der Waals surface area (Å²) in [4.78, 5) is 19.3. The number of phenolic OH excluding ortho intramolecular Hbond substituents is 2. The van der Waals surface area contributed by atoms with Crippen molar-refractivity contribution in [3.63, 3.8) is 0 Å². The summed E-state index contributed by atoms with van der Waals surface area (Å²) in [5.41, 5.74) is 19.9. The molecular weight excluding hydrogens is 1850 g/mol. The summed E-state index contributed by atoms with van der Waals surface area (Å²) in [6.07, 6.45) is 13.9. The monoisotopic (exact) mass is 2010 g/mol. The number of aliphatic imine (C=N–C) groups is 3. The third-order valence-corrected chi connectivity index (χ3v) is 22.1. The minimum absolute atomic E-state index is 0. The average molecular weight is 2010 g/mol. The van der Waals surface area contributed by atoms with Gasteiger partial charge in [0, 0.05) is 47.4 Å². The maximum absolute atomic E-state index is 10.8. The van der Waals surface area contributed by atoms with E-state index < -0.39 is 0 Å². The molecule has 2 aliphatic carbocycles. The number of hydrogen-bond acceptors (Lipinski definition) is 6. The van der Waals surface area contributed by atoms with Crippen molar-refractivity contribution >= 4 is 40.3 Å². The fourth-order valence-corrected chi connectivity index (χ4v) is 14.7. The molecule has 0 radical (unpaired) electrons. The number of nitrogens with zero attached hydrogens (tertiary/aromatic N) is 6. The van der Waals surface area contributed by atoms with Gasteiger partial charge in [0.25, 0.3) is 0 Å². The fourth-order valence-electron chi connectivity index (χ4n) is 14.7. The van der Waals surface area contributed by atoms with E-state index in [9.17, 15) is 10.2 Å². The SMILES string of the molecule is C.CC(C)c1ccccc1C([N-]c1c(C(C)C)cccc1C(C)C)c1cccc(-c2[c-]ccc3ccccc23)n1.CN=C(C)C(C)(C)[N-]c1c(C(C)C)cccc1C(C)C.C[C@@H]1CCCC[C@H]1N=Cc1cc(C(C)(C)C)cc(C(C)(C)C)c1O.C[C@H]1CCCC[C@@H]1N=Cc1cc(C(C)(C)C)cc(C(C)(C)C)c1O.[CH3-].[CH3-].[CH3-].[CH3-].[CH3-].[CH3-].[CH3-].[Hf+4].[Hf+4].[Zr+2]. The predicted octanol–water partition coefficient (Wildman–Crippen LogP) is 32.4. The van der Waals surface area contributed by atoms with Gasteiger partial charge in [0.15, 0.2) is 0 Å². The van der Waals surface area contributed by atoms with Crippen LogP contribution < -0.4 is 0 Å². The summed E-state index contributed by atoms with van der Waals surface area (Å²) in [7, 11) is 1.84. The Morgan fingerprint density at radius 2 is 0.831 bits per heavy atom. The molecule has 0 spiro atoms. The van der Waals surface area contributed by atoms with Crippen molar-refractivity contribution in [3.8, 4) is 22.8 Å². The van der Waals surface area contributed by atoms with Crippen LogP contribution in [0.25, 0.3) is 32.7 Å². The van der Waals surface area contributed by atoms with Gasteiger partial charge in [-0.25, -0.2) is 0 Å². The van der Waals surface area contributed by atoms with Crippen LogP contribution in [-0.4, -0.2) is 58.0 Å². The van der Waals surface area contributed by atoms with Crippen LogP contribution in [0.2, 0.25) is 0 Å². The van der Waals surface area contributed by atoms with Crippen LogP contribution in [0, 0.1) is 69.9 Å². The van der Waals surface area contributed by atoms with Gasteiger partial charge in [0.2, 0.25) is 0 Å². The Morgan fingerprint density at radius 1 is 0.466 bits per heavy atom. The molecule has 1 aromatic heterocycles. The van der Waals surface area contributed by atoms with Gasteiger partial charge in [-0.2, -0.15) is 0 Å². The van der Waals surface area contributed by atoms with Crippen molar-refractivity contribution in [2.75, 3.05) is 7.05 Å². The van der Waals surface area contributed by atoms with E-state index in [0.29, 0.717) is 65.0 Å². The van der Waals surface area contributed by atoms with E-state index >= 15 is 0 Å². The van der Waals surface area contributed by atoms with Crippen molar-refractivity contribution in [2.45, 2.75) is 321 Å². The van der Waals surface area contributed by atoms with Crippen molar-refractivity contribution in [1.82, 2.24) is 4.98 Å². The Morgan fingerprint density at radius 3 is 1.21 bits per heavy atom. The molecule has 118 heavy (non-hydrogen) atoms. The van der Waals surface area contributed by atoms with Crippen molar-refractivity contribution in [2.24, 2.45) is 26.8 Å². The number of rotatable bonds is 17. The maximum atomic E-state index is 10.8. The van der Waals surface area contributed by atoms with Crippen LogP contribution in [0.5, 0.6) is 11.5 Å². The zero-order valence-corrected chi connectivity index (χ0v) is 89.6. The first-order chi connectivity index (χ1) is 50.0. The summed E-state index contributed by atoms with van der Waals surface area (Å²) >= 11 is 0. The Hall–Kier alpha value is -5.22. The van der Waals surface area contributed by atoms with Crippen molar-refractivity contribution in [3.05, 3.63) is 281 Å². The molecular formula is C107H162Hf2N6O2Zr. The first-order valence-corrected chi connectivity index (χ1v) is 40.5. The van der Waals surface area contributed by atoms with Crippen molar-refractivity contribution in [1.29, 1.82) is 0 Å². The zero-order valence-electron chi connectivity index (χ0n) is 79.9. The third-order valence-electron chi connectivity index (χ3n) is 22.1. The molecule has 2 saturated carbocycles. The smallest absolute Gasteiger partial charge is 0.674 e. The molecule has 10 rings (SSSR count). The Labute approximate surface area is 784 Å². The quantitative estimate of drug-likeness (QED) is 0.0537. The number of phenols is 2. The topological polar surface area (TPSA) is 119 Å². The van der Waals surface area contributed by atoms with E-state index in [1.54, 1.807) is 0 Å². The Kier molecular flexibility index (Phi) is 54.6. The number of aromatic nitrogens is 1. The molecule has 0 aliphatic heterocycles. The molecule has 2 N–H and O–H groups in total. The van der Waals surface area contributed by atoms with Gasteiger partial charge in [-0.1, -0.05) is 361 Å². The predicted molar refractivity (Wildman–Crippen MR) is 517 cm³/mol. The number of aromatic hydroxyl groups is 2. The molecule has 1 heterocycles. The number of benzene rings is 7. The van der Waals surface area contributed by atoms with Gasteiger partial charge < -0.3 is 77.8 Å². The molecule has 0 amide bonds. The van der Waals surface area contributed by atoms with Gasteiger partial charge in [-0.3, -0.25) is 15.0 Å². The zero-order chi connectivity index (χ0) is 79.3. The minimum Gasteiger partial charge on any atom is -0.674 e. The third kappa shape index (κ3) is 32.8. The molecule has 1 unspecified atom stereocenters. The summed E-state index contributed by atoms with van der Waals surface area (Å²) in [6.45, 7) is 59.6. The van der Waals surface area contributed by atoms with Gasteiger partial charge >= 0.3 is 77.9 Å². The van der Waals surface area contributed by atoms with E-state index in [2.05, 4.69) is 331 Å². The second kappa shape index (κ2) is 53.1. The Bertz CT molecular complexity index is 4160. The molecule has 0 saturated heterocycles. The Balaban J connectivity index is -0.000000482. The summed E-state index contributed by atoms with van der Waals surface area (Å²) in [5, 5.41) is 34.7. The van der Waals surface area contributed by atoms with Crippen LogP contribution in [0.15, 0.2) is 155 Å². The van der Waals surface area contributed by atoms with E-state index in [1.165, 1.54) is 101 Å². The second-order valence-electron chi connectivity index (χ2n) is 37.0. The molecule has 0 bridgehead atoms. The molecule has 644 valence electrons. The summed E-state index contributed by atoms with van der Waals surface area (Å²) in [6, 6.07) is 53.4. The molecule has 2 fully saturated rings. The van der Waals surface area contributed by atoms with E-state index in [4.69, 9.17) is 25.6 Å². The molecule has 8 nitrogen and oxygen atoms in total. The first-order valence-electron chi connectivity index (χ1n) is 40.5. The van der Waals surface area contributed by atoms with Gasteiger partial charge in [0.1, 0.15) is 11.5 Å². The van der Waals surface area contributed by atoms with Crippen LogP contribution in [-0.2, 0) is 99.5 Å². The molecule has 2 aliphatic rings. The number of pyridine rings is 1. The van der Waals surface area contributed by atoms with Gasteiger partial charge in [0.05, 0.1) is 12.1 Å². The van der Waals surface area contributed by atoms with Crippen LogP contribution >= 0.6 is 0 Å². The first kappa shape index (κ1) is 121. The normalized spacial score (nSPS) is 15.7. The standard InChI is InChI=1S/C37H38N2.2C22H35NO.C18H29N2.CH4.7CH3.2Hf.Zr/c1-24(2)28-16-9-10-18-33(28)37(39-36-29(25(3)4)19-12-20-30(36)26(5)6)35-23-13-22-34(38-35)32-21-11-15-27-14-7-8-17-31(27)32;2*1-15-10-8-9-11-19(15)23-14-16-12-17(21(2,3)4)13-18(20(16)24)22(5,6)7;1-12(2)15-10-9-11-16(13(3)4)17(15)20-18(6,7)14(5)19-8;;;;;;;;;;;/h7-20,22-26,37H,1-6H3;2*12-15,19,24H,8-11H2,1-7H3;9-13H,1-8H3;1H4;7*1H3;;;/q-2;;;-1;;7*-1;2*+4;+2/t;2*15-,19-;;;;;;;;;;;;/m.10............/s1. The van der Waals surface area contributed by atoms with E-state index in [0.717, 1.165) is 61.7 Å². The van der Waals surface area contributed by atoms with Crippen LogP contribution in [0.3, 0.4) is 0 Å². The summed E-state index contributed by atoms with van der Waals surface area (Å²) < 4.78 is 0. The average Bonchev–Trinajstić information content (AvgIpc) is 0.910. The molecule has 7 aromatic carbocycles.